The predicted octanol–water partition coefficient (Wildman–Crippen LogP) is 2.01. The average Bonchev–Trinajstić information content (AvgIpc) is 2.83. The van der Waals surface area contributed by atoms with E-state index >= 15 is 0 Å². The molecule has 1 aliphatic rings. The summed E-state index contributed by atoms with van der Waals surface area (Å²) < 4.78 is 11.0. The third-order valence-electron chi connectivity index (χ3n) is 3.57. The van der Waals surface area contributed by atoms with Gasteiger partial charge >= 0.3 is 0 Å². The number of thiazole rings is 1. The van der Waals surface area contributed by atoms with Gasteiger partial charge in [-0.25, -0.2) is 4.98 Å². The minimum absolute atomic E-state index is 0.264. The second kappa shape index (κ2) is 7.36. The maximum Gasteiger partial charge on any atom is 0.186 e. The Kier molecular flexibility index (Phi) is 5.77. The number of nitrogens with one attached hydrogen (secondary N) is 1. The van der Waals surface area contributed by atoms with Crippen molar-refractivity contribution in [3.63, 3.8) is 0 Å². The minimum atomic E-state index is 0.264. The zero-order valence-electron chi connectivity index (χ0n) is 12.8. The molecule has 2 heterocycles. The number of aromatic nitrogens is 1. The van der Waals surface area contributed by atoms with Crippen molar-refractivity contribution in [2.24, 2.45) is 0 Å². The summed E-state index contributed by atoms with van der Waals surface area (Å²) in [5, 5.41) is 4.31. The van der Waals surface area contributed by atoms with Gasteiger partial charge in [0.15, 0.2) is 5.13 Å². The van der Waals surface area contributed by atoms with Gasteiger partial charge in [0.2, 0.25) is 0 Å². The monoisotopic (exact) mass is 299 g/mol. The smallest absolute Gasteiger partial charge is 0.186 e. The summed E-state index contributed by atoms with van der Waals surface area (Å²) in [6.07, 6.45) is 1.34. The van der Waals surface area contributed by atoms with Crippen LogP contribution >= 0.6 is 11.3 Å². The lowest BCUT2D eigenvalue weighted by atomic mass is 10.1. The van der Waals surface area contributed by atoms with Crippen molar-refractivity contribution >= 4 is 16.5 Å². The van der Waals surface area contributed by atoms with E-state index in [1.807, 2.05) is 7.05 Å². The number of hydrogen-bond donors (Lipinski definition) is 1. The summed E-state index contributed by atoms with van der Waals surface area (Å²) in [6, 6.07) is 0.426. The summed E-state index contributed by atoms with van der Waals surface area (Å²) in [5.74, 6) is 0. The second-order valence-corrected chi connectivity index (χ2v) is 6.25. The molecule has 0 aromatic carbocycles. The Labute approximate surface area is 125 Å². The van der Waals surface area contributed by atoms with E-state index in [2.05, 4.69) is 24.1 Å². The molecule has 0 amide bonds. The molecule has 6 heteroatoms. The predicted molar refractivity (Wildman–Crippen MR) is 82.4 cm³/mol. The van der Waals surface area contributed by atoms with Crippen molar-refractivity contribution in [1.82, 2.24) is 10.3 Å². The third-order valence-corrected chi connectivity index (χ3v) is 4.70. The number of anilines is 1. The number of methoxy groups -OCH3 is 1. The molecule has 1 N–H and O–H groups in total. The highest BCUT2D eigenvalue weighted by atomic mass is 32.1. The van der Waals surface area contributed by atoms with Crippen molar-refractivity contribution in [3.05, 3.63) is 10.6 Å². The normalized spacial score (nSPS) is 23.3. The van der Waals surface area contributed by atoms with Gasteiger partial charge in [0.1, 0.15) is 0 Å². The average molecular weight is 299 g/mol. The van der Waals surface area contributed by atoms with Crippen molar-refractivity contribution in [3.8, 4) is 0 Å². The molecule has 114 valence electrons. The van der Waals surface area contributed by atoms with Crippen LogP contribution in [-0.4, -0.2) is 44.4 Å². The van der Waals surface area contributed by atoms with Crippen LogP contribution in [0.15, 0.2) is 0 Å². The van der Waals surface area contributed by atoms with Crippen molar-refractivity contribution in [2.45, 2.75) is 45.6 Å². The topological polar surface area (TPSA) is 46.6 Å². The zero-order chi connectivity index (χ0) is 14.5. The van der Waals surface area contributed by atoms with E-state index in [0.29, 0.717) is 12.6 Å². The van der Waals surface area contributed by atoms with Gasteiger partial charge in [-0.15, -0.1) is 11.3 Å². The maximum atomic E-state index is 5.76. The molecule has 1 aliphatic heterocycles. The molecule has 0 radical (unpaired) electrons. The Morgan fingerprint density at radius 1 is 1.55 bits per heavy atom. The van der Waals surface area contributed by atoms with E-state index in [9.17, 15) is 0 Å². The van der Waals surface area contributed by atoms with E-state index in [1.54, 1.807) is 18.4 Å². The number of hydrogen-bond acceptors (Lipinski definition) is 6. The standard InChI is InChI=1S/C14H25N3O2S/c1-5-11-8-19-10(2)7-17(11)14-16-12(9-18-4)13(20-14)6-15-3/h10-11,15H,5-9H2,1-4H3. The van der Waals surface area contributed by atoms with Crippen LogP contribution in [0.5, 0.6) is 0 Å². The molecule has 0 saturated carbocycles. The highest BCUT2D eigenvalue weighted by molar-refractivity contribution is 7.15. The second-order valence-electron chi connectivity index (χ2n) is 5.19. The molecule has 0 bridgehead atoms. The SMILES string of the molecule is CCC1COC(C)CN1c1nc(COC)c(CNC)s1. The van der Waals surface area contributed by atoms with Gasteiger partial charge in [0.25, 0.3) is 0 Å². The van der Waals surface area contributed by atoms with Crippen LogP contribution in [0.4, 0.5) is 5.13 Å². The minimum Gasteiger partial charge on any atom is -0.378 e. The van der Waals surface area contributed by atoms with Gasteiger partial charge in [-0.1, -0.05) is 6.92 Å². The third kappa shape index (κ3) is 3.49. The highest BCUT2D eigenvalue weighted by Crippen LogP contribution is 2.31. The van der Waals surface area contributed by atoms with Crippen LogP contribution in [0.2, 0.25) is 0 Å². The van der Waals surface area contributed by atoms with E-state index in [4.69, 9.17) is 14.5 Å². The Hall–Kier alpha value is -0.690. The lowest BCUT2D eigenvalue weighted by Crippen LogP contribution is -2.48. The fourth-order valence-electron chi connectivity index (χ4n) is 2.46. The molecule has 1 aromatic rings. The Bertz CT molecular complexity index is 401. The van der Waals surface area contributed by atoms with Crippen molar-refractivity contribution < 1.29 is 9.47 Å². The first-order valence-electron chi connectivity index (χ1n) is 7.19. The fourth-order valence-corrected chi connectivity index (χ4v) is 3.61. The quantitative estimate of drug-likeness (QED) is 0.871. The first-order valence-corrected chi connectivity index (χ1v) is 8.01. The molecule has 1 saturated heterocycles. The number of ether oxygens (including phenoxy) is 2. The molecule has 2 unspecified atom stereocenters. The number of morpholine rings is 1. The lowest BCUT2D eigenvalue weighted by molar-refractivity contribution is 0.0299. The molecule has 20 heavy (non-hydrogen) atoms. The number of rotatable bonds is 6. The number of nitrogens with zero attached hydrogens (tertiary/aromatic N) is 2. The van der Waals surface area contributed by atoms with Gasteiger partial charge in [0.05, 0.1) is 31.1 Å². The van der Waals surface area contributed by atoms with Gasteiger partial charge in [-0.05, 0) is 20.4 Å². The fraction of sp³-hybridized carbons (Fsp3) is 0.786. The van der Waals surface area contributed by atoms with Crippen LogP contribution in [0.1, 0.15) is 30.8 Å². The molecule has 0 aliphatic carbocycles. The highest BCUT2D eigenvalue weighted by Gasteiger charge is 2.28. The summed E-state index contributed by atoms with van der Waals surface area (Å²) in [7, 11) is 3.68. The summed E-state index contributed by atoms with van der Waals surface area (Å²) in [4.78, 5) is 8.46. The summed E-state index contributed by atoms with van der Waals surface area (Å²) in [5.41, 5.74) is 1.05. The van der Waals surface area contributed by atoms with E-state index < -0.39 is 0 Å². The molecule has 5 nitrogen and oxygen atoms in total. The van der Waals surface area contributed by atoms with Crippen LogP contribution in [0, 0.1) is 0 Å². The van der Waals surface area contributed by atoms with Gasteiger partial charge < -0.3 is 19.7 Å². The Balaban J connectivity index is 2.23. The summed E-state index contributed by atoms with van der Waals surface area (Å²) >= 11 is 1.77. The van der Waals surface area contributed by atoms with Crippen LogP contribution in [0.3, 0.4) is 0 Å². The van der Waals surface area contributed by atoms with Crippen molar-refractivity contribution in [1.29, 1.82) is 0 Å². The molecule has 0 spiro atoms. The van der Waals surface area contributed by atoms with E-state index in [1.165, 1.54) is 4.88 Å². The zero-order valence-corrected chi connectivity index (χ0v) is 13.6. The largest absolute Gasteiger partial charge is 0.378 e. The van der Waals surface area contributed by atoms with Crippen LogP contribution < -0.4 is 10.2 Å². The Morgan fingerprint density at radius 3 is 3.00 bits per heavy atom. The molecule has 1 fully saturated rings. The molecule has 2 rings (SSSR count). The first-order chi connectivity index (χ1) is 9.69. The van der Waals surface area contributed by atoms with E-state index in [0.717, 1.165) is 36.9 Å². The summed E-state index contributed by atoms with van der Waals surface area (Å²) in [6.45, 7) is 7.44. The molecular weight excluding hydrogens is 274 g/mol. The van der Waals surface area contributed by atoms with Gasteiger partial charge in [-0.2, -0.15) is 0 Å². The van der Waals surface area contributed by atoms with Crippen LogP contribution in [-0.2, 0) is 22.6 Å². The van der Waals surface area contributed by atoms with Gasteiger partial charge in [0, 0.05) is 25.1 Å². The maximum absolute atomic E-state index is 5.76. The lowest BCUT2D eigenvalue weighted by Gasteiger charge is -2.38. The van der Waals surface area contributed by atoms with E-state index in [-0.39, 0.29) is 6.10 Å². The first kappa shape index (κ1) is 15.7. The molecule has 2 atom stereocenters. The van der Waals surface area contributed by atoms with Crippen molar-refractivity contribution in [2.75, 3.05) is 32.2 Å². The van der Waals surface area contributed by atoms with Crippen LogP contribution in [0.25, 0.3) is 0 Å². The Morgan fingerprint density at radius 2 is 2.35 bits per heavy atom. The molecular formula is C14H25N3O2S. The molecule has 1 aromatic heterocycles. The van der Waals surface area contributed by atoms with Gasteiger partial charge in [-0.3, -0.25) is 0 Å².